The maximum absolute atomic E-state index is 13.3. The third-order valence-corrected chi connectivity index (χ3v) is 5.27. The molecule has 1 saturated heterocycles. The molecule has 2 aliphatic rings. The van der Waals surface area contributed by atoms with Crippen molar-refractivity contribution >= 4 is 22.5 Å². The van der Waals surface area contributed by atoms with Crippen molar-refractivity contribution in [3.63, 3.8) is 0 Å². The third-order valence-electron chi connectivity index (χ3n) is 5.27. The maximum Gasteiger partial charge on any atom is 0.180 e. The Bertz CT molecular complexity index is 846. The summed E-state index contributed by atoms with van der Waals surface area (Å²) in [4.78, 5) is 31.4. The van der Waals surface area contributed by atoms with Gasteiger partial charge in [0, 0.05) is 36.3 Å². The van der Waals surface area contributed by atoms with E-state index >= 15 is 0 Å². The number of ketones is 2. The molecular formula is C19H20N2O2. The highest BCUT2D eigenvalue weighted by Crippen LogP contribution is 2.39. The molecule has 4 heteroatoms. The van der Waals surface area contributed by atoms with Gasteiger partial charge in [-0.05, 0) is 26.0 Å². The number of likely N-dealkylation sites (N-methyl/N-ethyl adjacent to an activating group) is 1. The molecule has 0 saturated carbocycles. The molecule has 1 aromatic carbocycles. The predicted molar refractivity (Wildman–Crippen MR) is 89.8 cm³/mol. The van der Waals surface area contributed by atoms with Crippen LogP contribution in [-0.4, -0.2) is 41.6 Å². The summed E-state index contributed by atoms with van der Waals surface area (Å²) >= 11 is 0. The van der Waals surface area contributed by atoms with Crippen molar-refractivity contribution < 1.29 is 9.59 Å². The zero-order chi connectivity index (χ0) is 16.1. The van der Waals surface area contributed by atoms with Crippen LogP contribution in [0.15, 0.2) is 35.9 Å². The average Bonchev–Trinajstić information content (AvgIpc) is 2.90. The van der Waals surface area contributed by atoms with E-state index < -0.39 is 0 Å². The second kappa shape index (κ2) is 5.17. The Kier molecular flexibility index (Phi) is 3.23. The lowest BCUT2D eigenvalue weighted by molar-refractivity contribution is 0.0799. The fourth-order valence-corrected chi connectivity index (χ4v) is 4.15. The third kappa shape index (κ3) is 2.09. The standard InChI is InChI=1S/C19H20N2O2/c1-3-11-9-21(2)10-14-13(11)8-16(22)18-17(19(14)23)12-6-4-5-7-15(12)20-18/h3-7,13-14,20H,8-10H2,1-2H3. The van der Waals surface area contributed by atoms with Crippen molar-refractivity contribution in [2.45, 2.75) is 13.3 Å². The largest absolute Gasteiger partial charge is 0.351 e. The number of allylic oxidation sites excluding steroid dienone is 1. The number of likely N-dealkylation sites (tertiary alicyclic amines) is 1. The SMILES string of the molecule is CC=C1CN(C)CC2C(=O)c3c([nH]c4ccccc34)C(=O)CC12. The molecule has 1 aliphatic heterocycles. The van der Waals surface area contributed by atoms with Gasteiger partial charge < -0.3 is 9.88 Å². The number of benzene rings is 1. The maximum atomic E-state index is 13.3. The van der Waals surface area contributed by atoms with Crippen LogP contribution in [0.3, 0.4) is 0 Å². The van der Waals surface area contributed by atoms with Gasteiger partial charge in [-0.1, -0.05) is 29.8 Å². The molecule has 4 rings (SSSR count). The molecule has 2 atom stereocenters. The molecule has 0 amide bonds. The summed E-state index contributed by atoms with van der Waals surface area (Å²) < 4.78 is 0. The van der Waals surface area contributed by atoms with E-state index in [-0.39, 0.29) is 23.4 Å². The van der Waals surface area contributed by atoms with Gasteiger partial charge in [0.15, 0.2) is 11.6 Å². The molecule has 1 N–H and O–H groups in total. The first kappa shape index (κ1) is 14.4. The molecule has 2 unspecified atom stereocenters. The quantitative estimate of drug-likeness (QED) is 0.761. The van der Waals surface area contributed by atoms with Gasteiger partial charge in [0.05, 0.1) is 11.3 Å². The summed E-state index contributed by atoms with van der Waals surface area (Å²) in [5.41, 5.74) is 3.18. The molecule has 23 heavy (non-hydrogen) atoms. The number of aromatic amines is 1. The van der Waals surface area contributed by atoms with Gasteiger partial charge in [0.2, 0.25) is 0 Å². The second-order valence-electron chi connectivity index (χ2n) is 6.69. The zero-order valence-corrected chi connectivity index (χ0v) is 13.4. The number of nitrogens with one attached hydrogen (secondary N) is 1. The number of aromatic nitrogens is 1. The van der Waals surface area contributed by atoms with E-state index in [4.69, 9.17) is 0 Å². The summed E-state index contributed by atoms with van der Waals surface area (Å²) in [5, 5.41) is 0.872. The van der Waals surface area contributed by atoms with Crippen LogP contribution < -0.4 is 0 Å². The Morgan fingerprint density at radius 2 is 2.00 bits per heavy atom. The van der Waals surface area contributed by atoms with E-state index in [9.17, 15) is 9.59 Å². The number of para-hydroxylation sites is 1. The van der Waals surface area contributed by atoms with Gasteiger partial charge in [-0.15, -0.1) is 0 Å². The number of H-pyrrole nitrogens is 1. The first-order chi connectivity index (χ1) is 11.1. The highest BCUT2D eigenvalue weighted by Gasteiger charge is 2.42. The minimum absolute atomic E-state index is 0.0377. The van der Waals surface area contributed by atoms with Crippen LogP contribution in [0, 0.1) is 11.8 Å². The normalized spacial score (nSPS) is 27.1. The Balaban J connectivity index is 1.91. The fraction of sp³-hybridized carbons (Fsp3) is 0.368. The molecule has 1 fully saturated rings. The van der Waals surface area contributed by atoms with Crippen molar-refractivity contribution in [1.29, 1.82) is 0 Å². The number of hydrogen-bond donors (Lipinski definition) is 1. The fourth-order valence-electron chi connectivity index (χ4n) is 4.15. The Morgan fingerprint density at radius 1 is 1.22 bits per heavy atom. The number of piperidine rings is 1. The molecule has 0 bridgehead atoms. The van der Waals surface area contributed by atoms with Crippen LogP contribution in [0.25, 0.3) is 10.9 Å². The Morgan fingerprint density at radius 3 is 2.78 bits per heavy atom. The van der Waals surface area contributed by atoms with E-state index in [1.165, 1.54) is 5.57 Å². The molecule has 4 nitrogen and oxygen atoms in total. The van der Waals surface area contributed by atoms with E-state index in [0.29, 0.717) is 24.2 Å². The monoisotopic (exact) mass is 308 g/mol. The molecule has 0 radical (unpaired) electrons. The molecular weight excluding hydrogens is 288 g/mol. The summed E-state index contributed by atoms with van der Waals surface area (Å²) in [7, 11) is 2.04. The van der Waals surface area contributed by atoms with E-state index in [1.807, 2.05) is 38.2 Å². The lowest BCUT2D eigenvalue weighted by Gasteiger charge is -2.37. The molecule has 1 aromatic heterocycles. The zero-order valence-electron chi connectivity index (χ0n) is 13.4. The number of Topliss-reactive ketones (excluding diaryl/α,β-unsaturated/α-hetero) is 2. The number of hydrogen-bond acceptors (Lipinski definition) is 3. The average molecular weight is 308 g/mol. The summed E-state index contributed by atoms with van der Waals surface area (Å²) in [6.45, 7) is 3.56. The van der Waals surface area contributed by atoms with Gasteiger partial charge >= 0.3 is 0 Å². The number of nitrogens with zero attached hydrogens (tertiary/aromatic N) is 1. The van der Waals surface area contributed by atoms with Crippen molar-refractivity contribution in [2.24, 2.45) is 11.8 Å². The second-order valence-corrected chi connectivity index (χ2v) is 6.69. The minimum atomic E-state index is -0.135. The van der Waals surface area contributed by atoms with Crippen LogP contribution in [0.4, 0.5) is 0 Å². The van der Waals surface area contributed by atoms with Gasteiger partial charge in [0.25, 0.3) is 0 Å². The molecule has 0 spiro atoms. The number of rotatable bonds is 0. The number of fused-ring (bicyclic) bond motifs is 4. The van der Waals surface area contributed by atoms with Gasteiger partial charge in [-0.25, -0.2) is 0 Å². The first-order valence-electron chi connectivity index (χ1n) is 8.12. The summed E-state index contributed by atoms with van der Waals surface area (Å²) in [5.74, 6) is 0.0697. The molecule has 1 aliphatic carbocycles. The Hall–Kier alpha value is -2.20. The van der Waals surface area contributed by atoms with Crippen LogP contribution >= 0.6 is 0 Å². The first-order valence-corrected chi connectivity index (χ1v) is 8.12. The Labute approximate surface area is 135 Å². The lowest BCUT2D eigenvalue weighted by atomic mass is 9.77. The summed E-state index contributed by atoms with van der Waals surface area (Å²) in [6, 6.07) is 7.69. The number of carbonyl (C=O) groups excluding carboxylic acids is 2. The summed E-state index contributed by atoms with van der Waals surface area (Å²) in [6.07, 6.45) is 2.50. The minimum Gasteiger partial charge on any atom is -0.351 e. The molecule has 2 aromatic rings. The van der Waals surface area contributed by atoms with E-state index in [1.54, 1.807) is 0 Å². The molecule has 2 heterocycles. The van der Waals surface area contributed by atoms with Gasteiger partial charge in [-0.2, -0.15) is 0 Å². The van der Waals surface area contributed by atoms with Crippen LogP contribution in [0.2, 0.25) is 0 Å². The highest BCUT2D eigenvalue weighted by molar-refractivity contribution is 6.18. The van der Waals surface area contributed by atoms with E-state index in [0.717, 1.165) is 17.4 Å². The predicted octanol–water partition coefficient (Wildman–Crippen LogP) is 3.06. The van der Waals surface area contributed by atoms with Crippen molar-refractivity contribution in [3.05, 3.63) is 47.2 Å². The van der Waals surface area contributed by atoms with Gasteiger partial charge in [0.1, 0.15) is 0 Å². The molecule has 118 valence electrons. The van der Waals surface area contributed by atoms with E-state index in [2.05, 4.69) is 16.0 Å². The number of carbonyl (C=O) groups is 2. The van der Waals surface area contributed by atoms with Crippen LogP contribution in [0.1, 0.15) is 34.2 Å². The van der Waals surface area contributed by atoms with Crippen LogP contribution in [0.5, 0.6) is 0 Å². The van der Waals surface area contributed by atoms with Gasteiger partial charge in [-0.3, -0.25) is 9.59 Å². The highest BCUT2D eigenvalue weighted by atomic mass is 16.1. The van der Waals surface area contributed by atoms with Crippen molar-refractivity contribution in [1.82, 2.24) is 9.88 Å². The lowest BCUT2D eigenvalue weighted by Crippen LogP contribution is -2.43. The van der Waals surface area contributed by atoms with Crippen LogP contribution in [-0.2, 0) is 0 Å². The van der Waals surface area contributed by atoms with Crippen molar-refractivity contribution in [3.8, 4) is 0 Å². The topological polar surface area (TPSA) is 53.2 Å². The van der Waals surface area contributed by atoms with Crippen molar-refractivity contribution in [2.75, 3.05) is 20.1 Å². The smallest absolute Gasteiger partial charge is 0.180 e.